The highest BCUT2D eigenvalue weighted by molar-refractivity contribution is 5.53. The number of nitrogens with one attached hydrogen (secondary N) is 1. The highest BCUT2D eigenvalue weighted by Crippen LogP contribution is 2.30. The van der Waals surface area contributed by atoms with Crippen molar-refractivity contribution in [3.05, 3.63) is 23.8 Å². The highest BCUT2D eigenvalue weighted by atomic mass is 16.5. The van der Waals surface area contributed by atoms with Gasteiger partial charge in [-0.05, 0) is 42.5 Å². The minimum atomic E-state index is 0.666. The van der Waals surface area contributed by atoms with E-state index in [1.807, 2.05) is 0 Å². The van der Waals surface area contributed by atoms with Crippen LogP contribution in [0, 0.1) is 5.92 Å². The van der Waals surface area contributed by atoms with Crippen LogP contribution in [0.15, 0.2) is 18.2 Å². The van der Waals surface area contributed by atoms with Gasteiger partial charge in [-0.25, -0.2) is 0 Å². The topological polar surface area (TPSA) is 21.3 Å². The Morgan fingerprint density at radius 1 is 1.29 bits per heavy atom. The molecule has 92 valence electrons. The maximum Gasteiger partial charge on any atom is 0.122 e. The molecule has 1 aromatic carbocycles. The zero-order valence-electron chi connectivity index (χ0n) is 10.5. The smallest absolute Gasteiger partial charge is 0.122 e. The summed E-state index contributed by atoms with van der Waals surface area (Å²) in [6.45, 7) is 3.21. The zero-order valence-corrected chi connectivity index (χ0v) is 10.5. The molecule has 1 aliphatic carbocycles. The van der Waals surface area contributed by atoms with Crippen LogP contribution in [-0.2, 0) is 6.42 Å². The van der Waals surface area contributed by atoms with E-state index in [9.17, 15) is 0 Å². The number of anilines is 1. The molecule has 0 radical (unpaired) electrons. The van der Waals surface area contributed by atoms with Gasteiger partial charge in [-0.2, -0.15) is 0 Å². The number of benzene rings is 1. The number of hydrogen-bond acceptors (Lipinski definition) is 2. The molecule has 1 fully saturated rings. The van der Waals surface area contributed by atoms with Crippen molar-refractivity contribution in [1.29, 1.82) is 0 Å². The van der Waals surface area contributed by atoms with E-state index in [1.54, 1.807) is 0 Å². The van der Waals surface area contributed by atoms with Gasteiger partial charge in [0.2, 0.25) is 0 Å². The number of fused-ring (bicyclic) bond motifs is 1. The molecule has 17 heavy (non-hydrogen) atoms. The van der Waals surface area contributed by atoms with E-state index < -0.39 is 0 Å². The third-order valence-corrected chi connectivity index (χ3v) is 4.00. The molecule has 2 aliphatic rings. The van der Waals surface area contributed by atoms with Gasteiger partial charge in [-0.15, -0.1) is 0 Å². The Bertz CT molecular complexity index is 402. The summed E-state index contributed by atoms with van der Waals surface area (Å²) in [6, 6.07) is 7.20. The van der Waals surface area contributed by atoms with E-state index in [1.165, 1.54) is 36.9 Å². The van der Waals surface area contributed by atoms with E-state index in [-0.39, 0.29) is 0 Å². The molecule has 0 spiro atoms. The summed E-state index contributed by atoms with van der Waals surface area (Å²) in [4.78, 5) is 0. The molecule has 2 unspecified atom stereocenters. The summed E-state index contributed by atoms with van der Waals surface area (Å²) >= 11 is 0. The first-order valence-electron chi connectivity index (χ1n) is 6.83. The van der Waals surface area contributed by atoms with Crippen LogP contribution >= 0.6 is 0 Å². The van der Waals surface area contributed by atoms with E-state index in [2.05, 4.69) is 30.4 Å². The summed E-state index contributed by atoms with van der Waals surface area (Å²) in [5, 5.41) is 3.69. The molecule has 1 aromatic rings. The Labute approximate surface area is 103 Å². The summed E-state index contributed by atoms with van der Waals surface area (Å²) in [5.41, 5.74) is 2.63. The first-order chi connectivity index (χ1) is 8.31. The van der Waals surface area contributed by atoms with E-state index >= 15 is 0 Å². The molecule has 1 heterocycles. The normalized spacial score (nSPS) is 27.4. The van der Waals surface area contributed by atoms with Crippen LogP contribution in [0.25, 0.3) is 0 Å². The Balaban J connectivity index is 1.68. The highest BCUT2D eigenvalue weighted by Gasteiger charge is 2.19. The van der Waals surface area contributed by atoms with Crippen LogP contribution < -0.4 is 10.1 Å². The van der Waals surface area contributed by atoms with Crippen molar-refractivity contribution in [1.82, 2.24) is 0 Å². The molecule has 2 heteroatoms. The minimum absolute atomic E-state index is 0.666. The van der Waals surface area contributed by atoms with Crippen LogP contribution in [-0.4, -0.2) is 12.6 Å². The monoisotopic (exact) mass is 231 g/mol. The number of hydrogen-bond donors (Lipinski definition) is 1. The third-order valence-electron chi connectivity index (χ3n) is 4.00. The molecule has 3 rings (SSSR count). The fourth-order valence-corrected chi connectivity index (χ4v) is 3.08. The average Bonchev–Trinajstić information content (AvgIpc) is 2.76. The first kappa shape index (κ1) is 10.9. The lowest BCUT2D eigenvalue weighted by molar-refractivity contribution is 0.356. The second-order valence-electron chi connectivity index (χ2n) is 5.53. The van der Waals surface area contributed by atoms with Gasteiger partial charge >= 0.3 is 0 Å². The van der Waals surface area contributed by atoms with Crippen molar-refractivity contribution in [2.75, 3.05) is 11.9 Å². The largest absolute Gasteiger partial charge is 0.493 e. The fraction of sp³-hybridized carbons (Fsp3) is 0.600. The summed E-state index contributed by atoms with van der Waals surface area (Å²) in [6.07, 6.45) is 6.46. The summed E-state index contributed by atoms with van der Waals surface area (Å²) < 4.78 is 5.53. The van der Waals surface area contributed by atoms with Gasteiger partial charge in [0.05, 0.1) is 6.61 Å². The standard InChI is InChI=1S/C15H21NO/c1-11-3-2-4-13(9-11)16-14-5-6-15-12(10-14)7-8-17-15/h5-6,10-11,13,16H,2-4,7-9H2,1H3. The second-order valence-corrected chi connectivity index (χ2v) is 5.53. The Morgan fingerprint density at radius 2 is 2.24 bits per heavy atom. The Kier molecular flexibility index (Phi) is 2.96. The molecule has 2 atom stereocenters. The van der Waals surface area contributed by atoms with Crippen molar-refractivity contribution >= 4 is 5.69 Å². The molecule has 0 aromatic heterocycles. The molecule has 0 amide bonds. The zero-order chi connectivity index (χ0) is 11.7. The van der Waals surface area contributed by atoms with Gasteiger partial charge in [-0.1, -0.05) is 19.8 Å². The predicted octanol–water partition coefficient (Wildman–Crippen LogP) is 3.61. The van der Waals surface area contributed by atoms with Crippen molar-refractivity contribution in [2.45, 2.75) is 45.1 Å². The maximum atomic E-state index is 5.53. The second kappa shape index (κ2) is 4.59. The lowest BCUT2D eigenvalue weighted by Crippen LogP contribution is -2.26. The lowest BCUT2D eigenvalue weighted by Gasteiger charge is -2.28. The number of ether oxygens (including phenoxy) is 1. The van der Waals surface area contributed by atoms with Crippen LogP contribution in [0.4, 0.5) is 5.69 Å². The van der Waals surface area contributed by atoms with Crippen molar-refractivity contribution in [3.8, 4) is 5.75 Å². The van der Waals surface area contributed by atoms with Gasteiger partial charge in [0.25, 0.3) is 0 Å². The first-order valence-corrected chi connectivity index (χ1v) is 6.83. The summed E-state index contributed by atoms with van der Waals surface area (Å²) in [7, 11) is 0. The predicted molar refractivity (Wildman–Crippen MR) is 70.7 cm³/mol. The fourth-order valence-electron chi connectivity index (χ4n) is 3.08. The number of rotatable bonds is 2. The van der Waals surface area contributed by atoms with E-state index in [4.69, 9.17) is 4.74 Å². The van der Waals surface area contributed by atoms with Crippen molar-refractivity contribution in [2.24, 2.45) is 5.92 Å². The van der Waals surface area contributed by atoms with Gasteiger partial charge in [-0.3, -0.25) is 0 Å². The van der Waals surface area contributed by atoms with Crippen molar-refractivity contribution < 1.29 is 4.74 Å². The molecular formula is C15H21NO. The Hall–Kier alpha value is -1.18. The van der Waals surface area contributed by atoms with E-state index in [0.717, 1.165) is 24.7 Å². The van der Waals surface area contributed by atoms with Crippen molar-refractivity contribution in [3.63, 3.8) is 0 Å². The quantitative estimate of drug-likeness (QED) is 0.839. The Morgan fingerprint density at radius 3 is 3.12 bits per heavy atom. The molecule has 2 nitrogen and oxygen atoms in total. The van der Waals surface area contributed by atoms with Crippen LogP contribution in [0.5, 0.6) is 5.75 Å². The van der Waals surface area contributed by atoms with Crippen LogP contribution in [0.3, 0.4) is 0 Å². The molecule has 1 aliphatic heterocycles. The van der Waals surface area contributed by atoms with Gasteiger partial charge in [0, 0.05) is 18.2 Å². The molecule has 1 N–H and O–H groups in total. The van der Waals surface area contributed by atoms with E-state index in [0.29, 0.717) is 6.04 Å². The van der Waals surface area contributed by atoms with Gasteiger partial charge in [0.1, 0.15) is 5.75 Å². The molecule has 1 saturated carbocycles. The minimum Gasteiger partial charge on any atom is -0.493 e. The third kappa shape index (κ3) is 2.41. The van der Waals surface area contributed by atoms with Gasteiger partial charge < -0.3 is 10.1 Å². The molecular weight excluding hydrogens is 210 g/mol. The summed E-state index contributed by atoms with van der Waals surface area (Å²) in [5.74, 6) is 1.95. The molecule has 0 bridgehead atoms. The van der Waals surface area contributed by atoms with Gasteiger partial charge in [0.15, 0.2) is 0 Å². The molecule has 0 saturated heterocycles. The maximum absolute atomic E-state index is 5.53. The SMILES string of the molecule is CC1CCCC(Nc2ccc3c(c2)CCO3)C1. The average molecular weight is 231 g/mol. The lowest BCUT2D eigenvalue weighted by atomic mass is 9.87. The van der Waals surface area contributed by atoms with Crippen LogP contribution in [0.1, 0.15) is 38.2 Å². The van der Waals surface area contributed by atoms with Crippen LogP contribution in [0.2, 0.25) is 0 Å².